The fourth-order valence-electron chi connectivity index (χ4n) is 2.34. The van der Waals surface area contributed by atoms with Gasteiger partial charge in [-0.2, -0.15) is 0 Å². The minimum Gasteiger partial charge on any atom is -0.394 e. The Bertz CT molecular complexity index is 314. The third kappa shape index (κ3) is 5.52. The number of ether oxygens (including phenoxy) is 2. The summed E-state index contributed by atoms with van der Waals surface area (Å²) in [6.07, 6.45) is -0.216. The highest BCUT2D eigenvalue weighted by Gasteiger charge is 2.45. The average Bonchev–Trinajstić information content (AvgIpc) is 2.45. The zero-order chi connectivity index (χ0) is 15.8. The highest BCUT2D eigenvalue weighted by atomic mass is 16.7. The summed E-state index contributed by atoms with van der Waals surface area (Å²) in [5.74, 6) is -0.350. The van der Waals surface area contributed by atoms with E-state index in [1.807, 2.05) is 0 Å². The summed E-state index contributed by atoms with van der Waals surface area (Å²) < 4.78 is 11.0. The van der Waals surface area contributed by atoms with Crippen molar-refractivity contribution < 1.29 is 29.6 Å². The first-order valence-electron chi connectivity index (χ1n) is 7.52. The molecule has 0 aromatic rings. The summed E-state index contributed by atoms with van der Waals surface area (Å²) in [6.45, 7) is 3.43. The molecule has 1 aliphatic rings. The van der Waals surface area contributed by atoms with Crippen molar-refractivity contribution in [1.82, 2.24) is 5.32 Å². The molecule has 0 spiro atoms. The van der Waals surface area contributed by atoms with Crippen molar-refractivity contribution in [3.8, 4) is 0 Å². The molecule has 124 valence electrons. The Morgan fingerprint density at radius 1 is 1.24 bits per heavy atom. The standard InChI is InChI=1S/C14H27NO6/c1-3-4-5-6-7-20-14-11(15-9(2)17)13(19)12(18)10(8-16)21-14/h10-14,16,18-19H,3-8H2,1-2H3,(H,15,17)/t10-,11-,12+,13-,14-/m1/s1. The topological polar surface area (TPSA) is 108 Å². The highest BCUT2D eigenvalue weighted by Crippen LogP contribution is 2.22. The SMILES string of the molecule is CCCCCCO[C@@H]1O[C@H](CO)[C@H](O)[C@H](O)[C@H]1NC(C)=O. The van der Waals surface area contributed by atoms with Gasteiger partial charge in [-0.3, -0.25) is 4.79 Å². The van der Waals surface area contributed by atoms with Crippen LogP contribution in [0.5, 0.6) is 0 Å². The Morgan fingerprint density at radius 2 is 1.95 bits per heavy atom. The molecule has 21 heavy (non-hydrogen) atoms. The molecule has 4 N–H and O–H groups in total. The van der Waals surface area contributed by atoms with Crippen molar-refractivity contribution in [3.05, 3.63) is 0 Å². The van der Waals surface area contributed by atoms with E-state index in [0.717, 1.165) is 25.7 Å². The number of unbranched alkanes of at least 4 members (excludes halogenated alkanes) is 3. The molecule has 0 unspecified atom stereocenters. The Labute approximate surface area is 125 Å². The van der Waals surface area contributed by atoms with Gasteiger partial charge in [0, 0.05) is 13.5 Å². The lowest BCUT2D eigenvalue weighted by Gasteiger charge is -2.42. The van der Waals surface area contributed by atoms with Gasteiger partial charge >= 0.3 is 0 Å². The van der Waals surface area contributed by atoms with Gasteiger partial charge in [0.05, 0.1) is 6.61 Å². The second-order valence-corrected chi connectivity index (χ2v) is 5.36. The molecule has 1 heterocycles. The van der Waals surface area contributed by atoms with Gasteiger partial charge in [0.2, 0.25) is 5.91 Å². The van der Waals surface area contributed by atoms with Gasteiger partial charge in [-0.25, -0.2) is 0 Å². The first-order chi connectivity index (χ1) is 10.0. The molecule has 1 rings (SSSR count). The van der Waals surface area contributed by atoms with E-state index in [-0.39, 0.29) is 5.91 Å². The molecular weight excluding hydrogens is 278 g/mol. The summed E-state index contributed by atoms with van der Waals surface area (Å²) in [4.78, 5) is 11.2. The molecule has 0 saturated carbocycles. The summed E-state index contributed by atoms with van der Waals surface area (Å²) in [5, 5.41) is 31.6. The summed E-state index contributed by atoms with van der Waals surface area (Å²) in [7, 11) is 0. The fourth-order valence-corrected chi connectivity index (χ4v) is 2.34. The number of aliphatic hydroxyl groups is 3. The molecule has 1 aliphatic heterocycles. The first-order valence-corrected chi connectivity index (χ1v) is 7.52. The molecule has 7 nitrogen and oxygen atoms in total. The van der Waals surface area contributed by atoms with Gasteiger partial charge < -0.3 is 30.1 Å². The molecular formula is C14H27NO6. The lowest BCUT2D eigenvalue weighted by atomic mass is 9.97. The molecule has 1 saturated heterocycles. The summed E-state index contributed by atoms with van der Waals surface area (Å²) >= 11 is 0. The van der Waals surface area contributed by atoms with E-state index in [4.69, 9.17) is 14.6 Å². The van der Waals surface area contributed by atoms with Crippen molar-refractivity contribution in [1.29, 1.82) is 0 Å². The monoisotopic (exact) mass is 305 g/mol. The minimum absolute atomic E-state index is 0.350. The fraction of sp³-hybridized carbons (Fsp3) is 0.929. The van der Waals surface area contributed by atoms with E-state index < -0.39 is 37.3 Å². The van der Waals surface area contributed by atoms with Crippen LogP contribution in [-0.4, -0.2) is 65.1 Å². The quantitative estimate of drug-likeness (QED) is 0.451. The van der Waals surface area contributed by atoms with E-state index in [1.54, 1.807) is 0 Å². The third-order valence-electron chi connectivity index (χ3n) is 3.53. The molecule has 0 radical (unpaired) electrons. The molecule has 7 heteroatoms. The maximum absolute atomic E-state index is 11.2. The largest absolute Gasteiger partial charge is 0.394 e. The average molecular weight is 305 g/mol. The number of hydrogen-bond donors (Lipinski definition) is 4. The lowest BCUT2D eigenvalue weighted by molar-refractivity contribution is -0.270. The van der Waals surface area contributed by atoms with E-state index in [0.29, 0.717) is 6.61 Å². The zero-order valence-electron chi connectivity index (χ0n) is 12.7. The number of nitrogens with one attached hydrogen (secondary N) is 1. The number of amides is 1. The van der Waals surface area contributed by atoms with E-state index >= 15 is 0 Å². The second-order valence-electron chi connectivity index (χ2n) is 5.36. The van der Waals surface area contributed by atoms with Gasteiger partial charge in [0.1, 0.15) is 24.4 Å². The van der Waals surface area contributed by atoms with Crippen LogP contribution in [0, 0.1) is 0 Å². The van der Waals surface area contributed by atoms with E-state index in [1.165, 1.54) is 6.92 Å². The van der Waals surface area contributed by atoms with Crippen LogP contribution in [0.15, 0.2) is 0 Å². The number of hydrogen-bond acceptors (Lipinski definition) is 6. The van der Waals surface area contributed by atoms with E-state index in [2.05, 4.69) is 12.2 Å². The Hall–Kier alpha value is -0.730. The van der Waals surface area contributed by atoms with Crippen LogP contribution in [0.2, 0.25) is 0 Å². The van der Waals surface area contributed by atoms with Gasteiger partial charge in [0.25, 0.3) is 0 Å². The normalized spacial score (nSPS) is 32.9. The number of rotatable bonds is 8. The number of aliphatic hydroxyl groups excluding tert-OH is 3. The van der Waals surface area contributed by atoms with Gasteiger partial charge in [-0.1, -0.05) is 26.2 Å². The van der Waals surface area contributed by atoms with Crippen molar-refractivity contribution in [2.24, 2.45) is 0 Å². The van der Waals surface area contributed by atoms with Crippen molar-refractivity contribution >= 4 is 5.91 Å². The predicted octanol–water partition coefficient (Wildman–Crippen LogP) is -0.473. The zero-order valence-corrected chi connectivity index (χ0v) is 12.7. The molecule has 0 aromatic carbocycles. The van der Waals surface area contributed by atoms with Crippen LogP contribution in [0.1, 0.15) is 39.5 Å². The Balaban J connectivity index is 2.58. The van der Waals surface area contributed by atoms with Crippen LogP contribution >= 0.6 is 0 Å². The maximum Gasteiger partial charge on any atom is 0.217 e. The van der Waals surface area contributed by atoms with Crippen LogP contribution < -0.4 is 5.32 Å². The molecule has 1 amide bonds. The molecule has 0 aromatic heterocycles. The second kappa shape index (κ2) is 9.32. The van der Waals surface area contributed by atoms with Crippen LogP contribution in [-0.2, 0) is 14.3 Å². The molecule has 5 atom stereocenters. The summed E-state index contributed by atoms with van der Waals surface area (Å²) in [5.41, 5.74) is 0. The van der Waals surface area contributed by atoms with Crippen LogP contribution in [0.4, 0.5) is 0 Å². The van der Waals surface area contributed by atoms with Gasteiger partial charge in [-0.15, -0.1) is 0 Å². The third-order valence-corrected chi connectivity index (χ3v) is 3.53. The maximum atomic E-state index is 11.2. The summed E-state index contributed by atoms with van der Waals surface area (Å²) in [6, 6.07) is -0.855. The Kier molecular flexibility index (Phi) is 8.13. The number of carbonyl (C=O) groups excluding carboxylic acids is 1. The van der Waals surface area contributed by atoms with Crippen LogP contribution in [0.3, 0.4) is 0 Å². The van der Waals surface area contributed by atoms with Gasteiger partial charge in [-0.05, 0) is 6.42 Å². The lowest BCUT2D eigenvalue weighted by Crippen LogP contribution is -2.64. The highest BCUT2D eigenvalue weighted by molar-refractivity contribution is 5.73. The van der Waals surface area contributed by atoms with E-state index in [9.17, 15) is 15.0 Å². The first kappa shape index (κ1) is 18.3. The molecule has 0 aliphatic carbocycles. The van der Waals surface area contributed by atoms with Crippen molar-refractivity contribution in [2.75, 3.05) is 13.2 Å². The predicted molar refractivity (Wildman–Crippen MR) is 75.5 cm³/mol. The smallest absolute Gasteiger partial charge is 0.217 e. The van der Waals surface area contributed by atoms with Crippen molar-refractivity contribution in [2.45, 2.75) is 70.2 Å². The van der Waals surface area contributed by atoms with Crippen molar-refractivity contribution in [3.63, 3.8) is 0 Å². The molecule has 1 fully saturated rings. The Morgan fingerprint density at radius 3 is 2.52 bits per heavy atom. The van der Waals surface area contributed by atoms with Crippen LogP contribution in [0.25, 0.3) is 0 Å². The minimum atomic E-state index is -1.27. The molecule has 0 bridgehead atoms. The van der Waals surface area contributed by atoms with Gasteiger partial charge in [0.15, 0.2) is 6.29 Å². The number of carbonyl (C=O) groups is 1.